The molecule has 4 heteroatoms. The van der Waals surface area contributed by atoms with E-state index in [-0.39, 0.29) is 5.02 Å². The smallest absolute Gasteiger partial charge is 0.145 e. The van der Waals surface area contributed by atoms with Gasteiger partial charge >= 0.3 is 0 Å². The molecule has 0 aromatic heterocycles. The van der Waals surface area contributed by atoms with Crippen molar-refractivity contribution >= 4 is 17.3 Å². The minimum atomic E-state index is -0.729. The number of aryl methyl sites for hydroxylation is 1. The first-order valence-corrected chi connectivity index (χ1v) is 6.93. The molecule has 0 aliphatic carbocycles. The summed E-state index contributed by atoms with van der Waals surface area (Å²) in [7, 11) is 2.02. The molecule has 1 aliphatic rings. The molecule has 0 bridgehead atoms. The first kappa shape index (κ1) is 13.4. The summed E-state index contributed by atoms with van der Waals surface area (Å²) in [4.78, 5) is 2.16. The van der Waals surface area contributed by atoms with Crippen LogP contribution in [-0.4, -0.2) is 13.6 Å². The van der Waals surface area contributed by atoms with Crippen LogP contribution >= 0.6 is 11.6 Å². The average Bonchev–Trinajstić information content (AvgIpc) is 2.43. The number of hydrogen-bond donors (Lipinski definition) is 0. The van der Waals surface area contributed by atoms with Crippen LogP contribution in [0, 0.1) is 11.6 Å². The van der Waals surface area contributed by atoms with Gasteiger partial charge in [-0.1, -0.05) is 23.7 Å². The Morgan fingerprint density at radius 3 is 2.75 bits per heavy atom. The second-order valence-corrected chi connectivity index (χ2v) is 5.50. The molecule has 1 heterocycles. The quantitative estimate of drug-likeness (QED) is 0.691. The molecular weight excluding hydrogens is 280 g/mol. The molecule has 2 aromatic rings. The van der Waals surface area contributed by atoms with Gasteiger partial charge in [-0.3, -0.25) is 0 Å². The minimum Gasteiger partial charge on any atom is -0.374 e. The van der Waals surface area contributed by atoms with Gasteiger partial charge in [0.2, 0.25) is 0 Å². The van der Waals surface area contributed by atoms with Crippen LogP contribution in [0.4, 0.5) is 14.5 Å². The van der Waals surface area contributed by atoms with Crippen molar-refractivity contribution in [2.45, 2.75) is 12.8 Å². The number of fused-ring (bicyclic) bond motifs is 1. The molecule has 20 heavy (non-hydrogen) atoms. The van der Waals surface area contributed by atoms with Crippen molar-refractivity contribution in [2.24, 2.45) is 0 Å². The Morgan fingerprint density at radius 1 is 1.15 bits per heavy atom. The predicted octanol–water partition coefficient (Wildman–Crippen LogP) is 4.67. The fourth-order valence-corrected chi connectivity index (χ4v) is 2.91. The third-order valence-corrected chi connectivity index (χ3v) is 4.12. The summed E-state index contributed by atoms with van der Waals surface area (Å²) in [6, 6.07) is 7.92. The van der Waals surface area contributed by atoms with Crippen LogP contribution in [0.25, 0.3) is 11.1 Å². The molecular formula is C16H14ClF2N. The number of benzene rings is 2. The summed E-state index contributed by atoms with van der Waals surface area (Å²) in [6.45, 7) is 0.988. The minimum absolute atomic E-state index is 0.0372. The second-order valence-electron chi connectivity index (χ2n) is 5.12. The van der Waals surface area contributed by atoms with E-state index in [0.29, 0.717) is 5.56 Å². The Morgan fingerprint density at radius 2 is 1.95 bits per heavy atom. The average molecular weight is 294 g/mol. The molecule has 0 fully saturated rings. The molecule has 0 atom stereocenters. The van der Waals surface area contributed by atoms with Gasteiger partial charge in [0, 0.05) is 30.9 Å². The second kappa shape index (κ2) is 5.06. The van der Waals surface area contributed by atoms with Gasteiger partial charge in [0.25, 0.3) is 0 Å². The summed E-state index contributed by atoms with van der Waals surface area (Å²) >= 11 is 5.96. The van der Waals surface area contributed by atoms with Gasteiger partial charge < -0.3 is 4.90 Å². The number of nitrogens with zero attached hydrogens (tertiary/aromatic N) is 1. The van der Waals surface area contributed by atoms with Crippen molar-refractivity contribution in [3.05, 3.63) is 52.6 Å². The first-order valence-electron chi connectivity index (χ1n) is 6.55. The first-order chi connectivity index (χ1) is 9.56. The zero-order chi connectivity index (χ0) is 14.3. The molecule has 1 aliphatic heterocycles. The largest absolute Gasteiger partial charge is 0.374 e. The van der Waals surface area contributed by atoms with Crippen molar-refractivity contribution in [3.8, 4) is 11.1 Å². The highest BCUT2D eigenvalue weighted by Crippen LogP contribution is 2.35. The van der Waals surface area contributed by atoms with E-state index < -0.39 is 11.6 Å². The molecule has 0 unspecified atom stereocenters. The number of halogens is 3. The van der Waals surface area contributed by atoms with Gasteiger partial charge in [0.15, 0.2) is 0 Å². The fraction of sp³-hybridized carbons (Fsp3) is 0.250. The molecule has 0 N–H and O–H groups in total. The van der Waals surface area contributed by atoms with E-state index in [0.717, 1.165) is 36.7 Å². The van der Waals surface area contributed by atoms with Crippen LogP contribution in [-0.2, 0) is 6.42 Å². The van der Waals surface area contributed by atoms with Crippen molar-refractivity contribution in [1.29, 1.82) is 0 Å². The number of rotatable bonds is 1. The van der Waals surface area contributed by atoms with Crippen LogP contribution in [0.5, 0.6) is 0 Å². The summed E-state index contributed by atoms with van der Waals surface area (Å²) in [5.41, 5.74) is 3.50. The Labute approximate surface area is 121 Å². The van der Waals surface area contributed by atoms with Gasteiger partial charge in [0.1, 0.15) is 11.6 Å². The Hall–Kier alpha value is -1.61. The Bertz CT molecular complexity index is 670. The summed E-state index contributed by atoms with van der Waals surface area (Å²) in [6.07, 6.45) is 2.16. The van der Waals surface area contributed by atoms with Crippen molar-refractivity contribution in [2.75, 3.05) is 18.5 Å². The zero-order valence-electron chi connectivity index (χ0n) is 11.1. The van der Waals surface area contributed by atoms with Gasteiger partial charge in [-0.15, -0.1) is 0 Å². The number of hydrogen-bond acceptors (Lipinski definition) is 1. The predicted molar refractivity (Wildman–Crippen MR) is 78.4 cm³/mol. The summed E-state index contributed by atoms with van der Waals surface area (Å²) in [5, 5.41) is -0.0372. The van der Waals surface area contributed by atoms with Crippen molar-refractivity contribution in [3.63, 3.8) is 0 Å². The topological polar surface area (TPSA) is 3.24 Å². The van der Waals surface area contributed by atoms with Crippen LogP contribution in [0.3, 0.4) is 0 Å². The highest BCUT2D eigenvalue weighted by molar-refractivity contribution is 6.33. The van der Waals surface area contributed by atoms with Crippen LogP contribution in [0.1, 0.15) is 12.0 Å². The summed E-state index contributed by atoms with van der Waals surface area (Å²) in [5.74, 6) is -1.35. The van der Waals surface area contributed by atoms with Crippen molar-refractivity contribution in [1.82, 2.24) is 0 Å². The molecule has 0 saturated heterocycles. The zero-order valence-corrected chi connectivity index (χ0v) is 11.8. The van der Waals surface area contributed by atoms with E-state index in [1.807, 2.05) is 25.2 Å². The fourth-order valence-electron chi connectivity index (χ4n) is 2.69. The monoisotopic (exact) mass is 293 g/mol. The lowest BCUT2D eigenvalue weighted by molar-refractivity contribution is 0.584. The van der Waals surface area contributed by atoms with Gasteiger partial charge in [-0.05, 0) is 36.1 Å². The lowest BCUT2D eigenvalue weighted by Gasteiger charge is -2.28. The molecule has 0 radical (unpaired) electrons. The molecule has 3 rings (SSSR count). The van der Waals surface area contributed by atoms with E-state index in [1.54, 1.807) is 0 Å². The van der Waals surface area contributed by atoms with Crippen molar-refractivity contribution < 1.29 is 8.78 Å². The Kier molecular flexibility index (Phi) is 3.38. The standard InChI is InChI=1S/C16H14ClF2N/c1-20-6-2-3-10-4-5-11(7-15(10)20)13-8-12(18)9-14(19)16(13)17/h4-5,7-9H,2-3,6H2,1H3. The van der Waals surface area contributed by atoms with E-state index in [4.69, 9.17) is 11.6 Å². The van der Waals surface area contributed by atoms with E-state index in [9.17, 15) is 8.78 Å². The Balaban J connectivity index is 2.14. The highest BCUT2D eigenvalue weighted by atomic mass is 35.5. The van der Waals surface area contributed by atoms with E-state index in [2.05, 4.69) is 4.90 Å². The SMILES string of the molecule is CN1CCCc2ccc(-c3cc(F)cc(F)c3Cl)cc21. The number of anilines is 1. The molecule has 0 saturated carbocycles. The van der Waals surface area contributed by atoms with Crippen LogP contribution in [0.2, 0.25) is 5.02 Å². The molecule has 104 valence electrons. The van der Waals surface area contributed by atoms with Gasteiger partial charge in [-0.2, -0.15) is 0 Å². The maximum Gasteiger partial charge on any atom is 0.145 e. The molecule has 0 amide bonds. The van der Waals surface area contributed by atoms with E-state index in [1.165, 1.54) is 11.6 Å². The maximum absolute atomic E-state index is 13.6. The van der Waals surface area contributed by atoms with Crippen LogP contribution < -0.4 is 4.90 Å². The molecule has 0 spiro atoms. The third-order valence-electron chi connectivity index (χ3n) is 3.74. The van der Waals surface area contributed by atoms with Crippen LogP contribution in [0.15, 0.2) is 30.3 Å². The van der Waals surface area contributed by atoms with Gasteiger partial charge in [-0.25, -0.2) is 8.78 Å². The molecule has 2 aromatic carbocycles. The lowest BCUT2D eigenvalue weighted by atomic mass is 9.97. The highest BCUT2D eigenvalue weighted by Gasteiger charge is 2.16. The summed E-state index contributed by atoms with van der Waals surface area (Å²) < 4.78 is 27.0. The van der Waals surface area contributed by atoms with E-state index >= 15 is 0 Å². The lowest BCUT2D eigenvalue weighted by Crippen LogP contribution is -2.24. The third kappa shape index (κ3) is 2.27. The normalized spacial score (nSPS) is 14.3. The maximum atomic E-state index is 13.6. The molecule has 1 nitrogen and oxygen atoms in total. The van der Waals surface area contributed by atoms with Gasteiger partial charge in [0.05, 0.1) is 5.02 Å².